The van der Waals surface area contributed by atoms with Gasteiger partial charge in [0.05, 0.1) is 0 Å². The van der Waals surface area contributed by atoms with Crippen molar-refractivity contribution in [1.82, 2.24) is 9.80 Å². The van der Waals surface area contributed by atoms with Crippen LogP contribution in [0.15, 0.2) is 72.1 Å². The fourth-order valence-corrected chi connectivity index (χ4v) is 8.45. The molecule has 0 N–H and O–H groups in total. The number of fused-ring (bicyclic) bond motifs is 2. The number of nitrogens with zero attached hydrogens (tertiary/aromatic N) is 2. The molecule has 3 unspecified atom stereocenters. The van der Waals surface area contributed by atoms with Gasteiger partial charge in [0.2, 0.25) is 11.8 Å². The van der Waals surface area contributed by atoms with E-state index >= 15 is 0 Å². The minimum atomic E-state index is -0.225. The van der Waals surface area contributed by atoms with Crippen molar-refractivity contribution in [3.63, 3.8) is 0 Å². The lowest BCUT2D eigenvalue weighted by Gasteiger charge is -2.31. The standard InChI is InChI=1S/C32H28N2O4/c1-18-24-17-34(28-14-26(36)21-8-3-5-10-23(21)32(18,24)28)30(38)12-6-11-29(37)33-16-19-15-31(19)22-9-4-2-7-20(22)25(35)13-27(31)33/h2-5,7-10,13-14,18-19,24H,6,11-12,15-17H2,1H3/t18-,19-,24?,31?,32?/m1/s1. The zero-order chi connectivity index (χ0) is 26.0. The number of amides is 2. The van der Waals surface area contributed by atoms with E-state index in [2.05, 4.69) is 6.92 Å². The van der Waals surface area contributed by atoms with E-state index in [0.29, 0.717) is 37.3 Å². The van der Waals surface area contributed by atoms with E-state index in [9.17, 15) is 19.2 Å². The van der Waals surface area contributed by atoms with Crippen molar-refractivity contribution in [3.8, 4) is 0 Å². The number of likely N-dealkylation sites (tertiary alicyclic amines) is 2. The van der Waals surface area contributed by atoms with E-state index in [1.807, 2.05) is 53.4 Å². The summed E-state index contributed by atoms with van der Waals surface area (Å²) in [4.78, 5) is 55.9. The molecule has 2 amide bonds. The van der Waals surface area contributed by atoms with Gasteiger partial charge < -0.3 is 9.80 Å². The molecule has 5 atom stereocenters. The van der Waals surface area contributed by atoms with Gasteiger partial charge in [-0.1, -0.05) is 55.5 Å². The van der Waals surface area contributed by atoms with Crippen molar-refractivity contribution >= 4 is 23.4 Å². The maximum absolute atomic E-state index is 13.4. The molecule has 2 heterocycles. The number of allylic oxidation sites excluding steroid dienone is 4. The summed E-state index contributed by atoms with van der Waals surface area (Å²) < 4.78 is 0. The van der Waals surface area contributed by atoms with Crippen LogP contribution in [0.4, 0.5) is 0 Å². The summed E-state index contributed by atoms with van der Waals surface area (Å²) in [7, 11) is 0. The van der Waals surface area contributed by atoms with E-state index in [0.717, 1.165) is 40.1 Å². The van der Waals surface area contributed by atoms with Gasteiger partial charge >= 0.3 is 0 Å². The first-order chi connectivity index (χ1) is 18.4. The molecule has 0 aromatic heterocycles. The summed E-state index contributed by atoms with van der Waals surface area (Å²) in [5.74, 6) is 0.997. The second-order valence-electron chi connectivity index (χ2n) is 11.9. The SMILES string of the molecule is C[C@@H]1C2CN(C(=O)CCCC(=O)N3C[C@H]4CC45C3=CC(=O)c3ccccc35)C3=CC(=O)c4ccccc4C321. The van der Waals surface area contributed by atoms with Gasteiger partial charge in [0.25, 0.3) is 0 Å². The number of carbonyl (C=O) groups excluding carboxylic acids is 4. The third-order valence-electron chi connectivity index (χ3n) is 10.4. The number of ketones is 2. The summed E-state index contributed by atoms with van der Waals surface area (Å²) in [5.41, 5.74) is 4.92. The van der Waals surface area contributed by atoms with Gasteiger partial charge in [-0.3, -0.25) is 19.2 Å². The molecule has 6 nitrogen and oxygen atoms in total. The molecule has 190 valence electrons. The molecule has 6 heteroatoms. The van der Waals surface area contributed by atoms with Gasteiger partial charge in [0.15, 0.2) is 11.6 Å². The molecule has 2 saturated carbocycles. The van der Waals surface area contributed by atoms with Gasteiger partial charge in [0, 0.05) is 71.4 Å². The minimum Gasteiger partial charge on any atom is -0.315 e. The maximum Gasteiger partial charge on any atom is 0.226 e. The predicted molar refractivity (Wildman–Crippen MR) is 139 cm³/mol. The number of rotatable bonds is 4. The Hall–Kier alpha value is -3.80. The summed E-state index contributed by atoms with van der Waals surface area (Å²) in [6.45, 7) is 3.48. The molecule has 2 aliphatic heterocycles. The molecular weight excluding hydrogens is 476 g/mol. The number of piperidine rings is 2. The quantitative estimate of drug-likeness (QED) is 0.627. The van der Waals surface area contributed by atoms with Gasteiger partial charge in [-0.05, 0) is 41.7 Å². The first-order valence-electron chi connectivity index (χ1n) is 13.7. The first kappa shape index (κ1) is 22.2. The number of benzene rings is 2. The van der Waals surface area contributed by atoms with Crippen LogP contribution in [-0.2, 0) is 20.4 Å². The Labute approximate surface area is 221 Å². The topological polar surface area (TPSA) is 74.8 Å². The largest absolute Gasteiger partial charge is 0.315 e. The Balaban J connectivity index is 0.961. The zero-order valence-corrected chi connectivity index (χ0v) is 21.3. The fourth-order valence-electron chi connectivity index (χ4n) is 8.45. The van der Waals surface area contributed by atoms with Crippen molar-refractivity contribution in [3.05, 3.63) is 94.3 Å². The van der Waals surface area contributed by atoms with E-state index < -0.39 is 0 Å². The normalized spacial score (nSPS) is 32.8. The third-order valence-corrected chi connectivity index (χ3v) is 10.4. The molecule has 6 aliphatic rings. The molecule has 2 aromatic rings. The van der Waals surface area contributed by atoms with Gasteiger partial charge in [0.1, 0.15) is 0 Å². The van der Waals surface area contributed by atoms with Crippen LogP contribution in [0.25, 0.3) is 0 Å². The molecule has 2 spiro atoms. The van der Waals surface area contributed by atoms with Gasteiger partial charge in [-0.25, -0.2) is 0 Å². The molecule has 0 radical (unpaired) electrons. The Morgan fingerprint density at radius 3 is 2.11 bits per heavy atom. The molecule has 2 aromatic carbocycles. The summed E-state index contributed by atoms with van der Waals surface area (Å²) in [6, 6.07) is 15.6. The lowest BCUT2D eigenvalue weighted by molar-refractivity contribution is -0.130. The highest BCUT2D eigenvalue weighted by Crippen LogP contribution is 2.70. The van der Waals surface area contributed by atoms with Crippen LogP contribution in [0, 0.1) is 17.8 Å². The molecule has 2 saturated heterocycles. The Kier molecular flexibility index (Phi) is 4.20. The van der Waals surface area contributed by atoms with Crippen LogP contribution in [0.2, 0.25) is 0 Å². The Morgan fingerprint density at radius 2 is 1.39 bits per heavy atom. The van der Waals surface area contributed by atoms with E-state index in [1.165, 1.54) is 0 Å². The second kappa shape index (κ2) is 7.19. The van der Waals surface area contributed by atoms with Gasteiger partial charge in [-0.2, -0.15) is 0 Å². The molecule has 4 aliphatic carbocycles. The average Bonchev–Trinajstić information content (AvgIpc) is 3.67. The summed E-state index contributed by atoms with van der Waals surface area (Å²) in [6.07, 6.45) is 5.31. The smallest absolute Gasteiger partial charge is 0.226 e. The molecule has 4 fully saturated rings. The average molecular weight is 505 g/mol. The third kappa shape index (κ3) is 2.53. The molecule has 38 heavy (non-hydrogen) atoms. The van der Waals surface area contributed by atoms with Crippen LogP contribution in [0.3, 0.4) is 0 Å². The Morgan fingerprint density at radius 1 is 0.816 bits per heavy atom. The minimum absolute atomic E-state index is 0.0156. The molecular formula is C32H28N2O4. The highest BCUT2D eigenvalue weighted by atomic mass is 16.2. The van der Waals surface area contributed by atoms with Crippen LogP contribution in [0.5, 0.6) is 0 Å². The highest BCUT2D eigenvalue weighted by molar-refractivity contribution is 6.10. The molecule has 8 rings (SSSR count). The zero-order valence-electron chi connectivity index (χ0n) is 21.3. The lowest BCUT2D eigenvalue weighted by Crippen LogP contribution is -2.35. The van der Waals surface area contributed by atoms with Crippen LogP contribution in [0.1, 0.15) is 64.4 Å². The fraction of sp³-hybridized carbons (Fsp3) is 0.375. The van der Waals surface area contributed by atoms with Crippen molar-refractivity contribution < 1.29 is 19.2 Å². The first-order valence-corrected chi connectivity index (χ1v) is 13.7. The van der Waals surface area contributed by atoms with Crippen molar-refractivity contribution in [2.45, 2.75) is 43.4 Å². The maximum atomic E-state index is 13.4. The second-order valence-corrected chi connectivity index (χ2v) is 11.9. The van der Waals surface area contributed by atoms with E-state index in [-0.39, 0.29) is 47.1 Å². The lowest BCUT2D eigenvalue weighted by atomic mass is 9.80. The van der Waals surface area contributed by atoms with Crippen molar-refractivity contribution in [1.29, 1.82) is 0 Å². The monoisotopic (exact) mass is 504 g/mol. The van der Waals surface area contributed by atoms with Crippen molar-refractivity contribution in [2.75, 3.05) is 13.1 Å². The van der Waals surface area contributed by atoms with Crippen LogP contribution < -0.4 is 0 Å². The summed E-state index contributed by atoms with van der Waals surface area (Å²) in [5, 5.41) is 0. The number of hydrogen-bond acceptors (Lipinski definition) is 4. The number of carbonyl (C=O) groups is 4. The van der Waals surface area contributed by atoms with Crippen LogP contribution >= 0.6 is 0 Å². The van der Waals surface area contributed by atoms with E-state index in [4.69, 9.17) is 0 Å². The highest BCUT2D eigenvalue weighted by Gasteiger charge is 2.72. The summed E-state index contributed by atoms with van der Waals surface area (Å²) >= 11 is 0. The Bertz CT molecular complexity index is 1570. The van der Waals surface area contributed by atoms with E-state index in [1.54, 1.807) is 17.1 Å². The predicted octanol–water partition coefficient (Wildman–Crippen LogP) is 4.16. The molecule has 0 bridgehead atoms. The van der Waals surface area contributed by atoms with Crippen molar-refractivity contribution in [2.24, 2.45) is 17.8 Å². The van der Waals surface area contributed by atoms with Gasteiger partial charge in [-0.15, -0.1) is 0 Å². The van der Waals surface area contributed by atoms with Crippen LogP contribution in [-0.4, -0.2) is 46.3 Å². The number of hydrogen-bond donors (Lipinski definition) is 0.